The number of hydrogen-bond donors (Lipinski definition) is 0. The zero-order valence-corrected chi connectivity index (χ0v) is 37.1. The van der Waals surface area contributed by atoms with Crippen molar-refractivity contribution in [3.63, 3.8) is 0 Å². The van der Waals surface area contributed by atoms with Gasteiger partial charge in [0.25, 0.3) is 0 Å². The molecule has 0 aliphatic rings. The number of nitrogens with zero attached hydrogens (tertiary/aromatic N) is 2. The number of aromatic nitrogens is 2. The van der Waals surface area contributed by atoms with Crippen LogP contribution in [-0.2, 0) is 0 Å². The molecule has 0 aliphatic heterocycles. The van der Waals surface area contributed by atoms with Crippen molar-refractivity contribution in [3.8, 4) is 55.9 Å². The third kappa shape index (κ3) is 5.91. The van der Waals surface area contributed by atoms with Gasteiger partial charge in [0.1, 0.15) is 0 Å². The average molecular weight is 863 g/mol. The summed E-state index contributed by atoms with van der Waals surface area (Å²) in [6.45, 7) is 0. The predicted molar refractivity (Wildman–Crippen MR) is 289 cm³/mol. The summed E-state index contributed by atoms with van der Waals surface area (Å²) < 4.78 is 4.84. The SMILES string of the molecule is c1ccc(-c2cccc3ccc(-c4c5cccc(-c6ccc7c8ccccc8n(-c8ccccc8)c7c6)c5cc5c(-c6ccc7c8ccccc8n(-c8ccccc8)c7c6)cccc45)cc23)cc1. The van der Waals surface area contributed by atoms with Gasteiger partial charge in [0, 0.05) is 32.9 Å². The van der Waals surface area contributed by atoms with Crippen LogP contribution < -0.4 is 0 Å². The molecule has 14 aromatic rings. The Balaban J connectivity index is 1.06. The van der Waals surface area contributed by atoms with Crippen LogP contribution in [0.2, 0.25) is 0 Å². The van der Waals surface area contributed by atoms with Crippen molar-refractivity contribution in [2.75, 3.05) is 0 Å². The average Bonchev–Trinajstić information content (AvgIpc) is 3.92. The molecule has 0 saturated heterocycles. The van der Waals surface area contributed by atoms with E-state index in [1.807, 2.05) is 0 Å². The Kier molecular flexibility index (Phi) is 8.62. The number of benzene rings is 12. The van der Waals surface area contributed by atoms with Crippen LogP contribution in [0, 0.1) is 0 Å². The van der Waals surface area contributed by atoms with Crippen LogP contribution >= 0.6 is 0 Å². The van der Waals surface area contributed by atoms with Crippen molar-refractivity contribution in [3.05, 3.63) is 255 Å². The Morgan fingerprint density at radius 3 is 1.18 bits per heavy atom. The first-order valence-electron chi connectivity index (χ1n) is 23.5. The molecule has 0 spiro atoms. The molecule has 0 amide bonds. The molecular formula is C66H42N2. The van der Waals surface area contributed by atoms with Crippen molar-refractivity contribution >= 4 is 75.9 Å². The number of hydrogen-bond acceptors (Lipinski definition) is 0. The third-order valence-corrected chi connectivity index (χ3v) is 14.3. The predicted octanol–water partition coefficient (Wildman–Crippen LogP) is 18.0. The maximum Gasteiger partial charge on any atom is 0.0547 e. The highest BCUT2D eigenvalue weighted by Gasteiger charge is 2.20. The van der Waals surface area contributed by atoms with E-state index in [9.17, 15) is 0 Å². The highest BCUT2D eigenvalue weighted by molar-refractivity contribution is 6.21. The zero-order valence-electron chi connectivity index (χ0n) is 37.1. The van der Waals surface area contributed by atoms with Crippen molar-refractivity contribution in [2.24, 2.45) is 0 Å². The summed E-state index contributed by atoms with van der Waals surface area (Å²) in [5, 5.41) is 12.4. The van der Waals surface area contributed by atoms with Crippen LogP contribution in [0.3, 0.4) is 0 Å². The lowest BCUT2D eigenvalue weighted by molar-refractivity contribution is 1.18. The van der Waals surface area contributed by atoms with Crippen LogP contribution in [0.25, 0.3) is 132 Å². The van der Waals surface area contributed by atoms with Crippen LogP contribution in [-0.4, -0.2) is 9.13 Å². The monoisotopic (exact) mass is 862 g/mol. The van der Waals surface area contributed by atoms with Crippen molar-refractivity contribution in [1.82, 2.24) is 9.13 Å². The van der Waals surface area contributed by atoms with Gasteiger partial charge in [-0.05, 0) is 137 Å². The second kappa shape index (κ2) is 15.3. The Morgan fingerprint density at radius 1 is 0.206 bits per heavy atom. The van der Waals surface area contributed by atoms with Crippen molar-refractivity contribution in [2.45, 2.75) is 0 Å². The van der Waals surface area contributed by atoms with Gasteiger partial charge in [-0.25, -0.2) is 0 Å². The molecule has 0 atom stereocenters. The van der Waals surface area contributed by atoms with Gasteiger partial charge in [0.2, 0.25) is 0 Å². The molecule has 0 radical (unpaired) electrons. The molecule has 0 N–H and O–H groups in total. The lowest BCUT2D eigenvalue weighted by Gasteiger charge is -2.18. The minimum atomic E-state index is 1.15. The normalized spacial score (nSPS) is 11.8. The fourth-order valence-electron chi connectivity index (χ4n) is 11.3. The summed E-state index contributed by atoms with van der Waals surface area (Å²) in [5.74, 6) is 0. The summed E-state index contributed by atoms with van der Waals surface area (Å²) in [6.07, 6.45) is 0. The Hall–Kier alpha value is -8.98. The quantitative estimate of drug-likeness (QED) is 0.147. The van der Waals surface area contributed by atoms with Crippen LogP contribution in [0.15, 0.2) is 255 Å². The second-order valence-electron chi connectivity index (χ2n) is 18.0. The molecule has 14 rings (SSSR count). The molecule has 0 aliphatic carbocycles. The van der Waals surface area contributed by atoms with Crippen molar-refractivity contribution in [1.29, 1.82) is 0 Å². The van der Waals surface area contributed by atoms with Gasteiger partial charge in [0.15, 0.2) is 0 Å². The van der Waals surface area contributed by atoms with Crippen LogP contribution in [0.5, 0.6) is 0 Å². The number of rotatable bonds is 6. The summed E-state index contributed by atoms with van der Waals surface area (Å²) in [4.78, 5) is 0. The first kappa shape index (κ1) is 38.3. The topological polar surface area (TPSA) is 9.86 Å². The smallest absolute Gasteiger partial charge is 0.0547 e. The lowest BCUT2D eigenvalue weighted by Crippen LogP contribution is -1.94. The maximum absolute atomic E-state index is 2.48. The molecular weight excluding hydrogens is 821 g/mol. The highest BCUT2D eigenvalue weighted by Crippen LogP contribution is 2.46. The fraction of sp³-hybridized carbons (Fsp3) is 0. The van der Waals surface area contributed by atoms with Gasteiger partial charge >= 0.3 is 0 Å². The van der Waals surface area contributed by atoms with E-state index in [4.69, 9.17) is 0 Å². The van der Waals surface area contributed by atoms with Crippen LogP contribution in [0.1, 0.15) is 0 Å². The first-order valence-corrected chi connectivity index (χ1v) is 23.5. The maximum atomic E-state index is 2.48. The fourth-order valence-corrected chi connectivity index (χ4v) is 11.3. The Morgan fingerprint density at radius 2 is 0.632 bits per heavy atom. The first-order chi connectivity index (χ1) is 33.7. The van der Waals surface area contributed by atoms with E-state index in [1.165, 1.54) is 120 Å². The molecule has 316 valence electrons. The lowest BCUT2D eigenvalue weighted by atomic mass is 9.85. The molecule has 2 nitrogen and oxygen atoms in total. The molecule has 0 bridgehead atoms. The van der Waals surface area contributed by atoms with Gasteiger partial charge in [-0.15, -0.1) is 0 Å². The van der Waals surface area contributed by atoms with E-state index < -0.39 is 0 Å². The van der Waals surface area contributed by atoms with Crippen LogP contribution in [0.4, 0.5) is 0 Å². The molecule has 0 fully saturated rings. The van der Waals surface area contributed by atoms with E-state index >= 15 is 0 Å². The van der Waals surface area contributed by atoms with E-state index in [-0.39, 0.29) is 0 Å². The minimum Gasteiger partial charge on any atom is -0.309 e. The summed E-state index contributed by atoms with van der Waals surface area (Å²) in [5.41, 5.74) is 16.8. The summed E-state index contributed by atoms with van der Waals surface area (Å²) in [7, 11) is 0. The second-order valence-corrected chi connectivity index (χ2v) is 18.0. The van der Waals surface area contributed by atoms with Gasteiger partial charge in [0.05, 0.1) is 22.1 Å². The van der Waals surface area contributed by atoms with Gasteiger partial charge in [-0.1, -0.05) is 194 Å². The Labute approximate surface area is 393 Å². The summed E-state index contributed by atoms with van der Waals surface area (Å²) >= 11 is 0. The molecule has 2 heteroatoms. The molecule has 2 heterocycles. The number of para-hydroxylation sites is 4. The Bertz CT molecular complexity index is 4080. The van der Waals surface area contributed by atoms with E-state index in [0.717, 1.165) is 11.4 Å². The highest BCUT2D eigenvalue weighted by atomic mass is 15.0. The van der Waals surface area contributed by atoms with Gasteiger partial charge < -0.3 is 9.13 Å². The zero-order chi connectivity index (χ0) is 44.7. The molecule has 12 aromatic carbocycles. The van der Waals surface area contributed by atoms with E-state index in [0.29, 0.717) is 0 Å². The third-order valence-electron chi connectivity index (χ3n) is 14.3. The largest absolute Gasteiger partial charge is 0.309 e. The van der Waals surface area contributed by atoms with Gasteiger partial charge in [-0.2, -0.15) is 0 Å². The van der Waals surface area contributed by atoms with E-state index in [1.54, 1.807) is 0 Å². The molecule has 68 heavy (non-hydrogen) atoms. The molecule has 0 saturated carbocycles. The van der Waals surface area contributed by atoms with E-state index in [2.05, 4.69) is 264 Å². The minimum absolute atomic E-state index is 1.15. The number of fused-ring (bicyclic) bond motifs is 9. The molecule has 0 unspecified atom stereocenters. The standard InChI is InChI=1S/C66H42N2/c1-4-17-43(18-5-1)50-26-14-19-44-33-34-47(39-59(44)50)66-57-29-15-27-51(45-35-37-55-53-24-10-12-31-62(53)67(64(55)40-45)48-20-6-2-7-21-48)60(57)42-61-52(28-16-30-58(61)66)46-36-38-56-54-25-11-13-32-63(54)68(65(56)41-46)49-22-8-3-9-23-49/h1-42H. The summed E-state index contributed by atoms with van der Waals surface area (Å²) in [6, 6.07) is 94.0. The van der Waals surface area contributed by atoms with Gasteiger partial charge in [-0.3, -0.25) is 0 Å². The molecule has 2 aromatic heterocycles. The van der Waals surface area contributed by atoms with Crippen molar-refractivity contribution < 1.29 is 0 Å².